The highest BCUT2D eigenvalue weighted by Gasteiger charge is 2.14. The van der Waals surface area contributed by atoms with Crippen LogP contribution in [0.2, 0.25) is 0 Å². The maximum absolute atomic E-state index is 10.9. The van der Waals surface area contributed by atoms with E-state index >= 15 is 0 Å². The zero-order valence-electron chi connectivity index (χ0n) is 6.40. The number of aliphatic hydroxyl groups excluding tert-OH is 1. The van der Waals surface area contributed by atoms with E-state index in [0.29, 0.717) is 5.56 Å². The summed E-state index contributed by atoms with van der Waals surface area (Å²) in [5, 5.41) is 9.36. The van der Waals surface area contributed by atoms with Crippen LogP contribution in [0.4, 0.5) is 0 Å². The van der Waals surface area contributed by atoms with Gasteiger partial charge in [0.15, 0.2) is 5.78 Å². The van der Waals surface area contributed by atoms with E-state index in [1.165, 1.54) is 0 Å². The monoisotopic (exact) mass is 184 g/mol. The van der Waals surface area contributed by atoms with Crippen molar-refractivity contribution in [3.63, 3.8) is 0 Å². The molecular weight excluding hydrogens is 176 g/mol. The second-order valence-electron chi connectivity index (χ2n) is 2.41. The van der Waals surface area contributed by atoms with Crippen molar-refractivity contribution in [3.05, 3.63) is 35.9 Å². The summed E-state index contributed by atoms with van der Waals surface area (Å²) in [5.41, 5.74) is 0.586. The first-order valence-corrected chi connectivity index (χ1v) is 4.11. The molecule has 1 N–H and O–H groups in total. The third-order valence-electron chi connectivity index (χ3n) is 1.55. The van der Waals surface area contributed by atoms with Crippen LogP contribution in [0.15, 0.2) is 30.3 Å². The van der Waals surface area contributed by atoms with E-state index in [9.17, 15) is 9.90 Å². The molecule has 0 saturated heterocycles. The molecule has 0 bridgehead atoms. The molecule has 0 radical (unpaired) electrons. The van der Waals surface area contributed by atoms with Gasteiger partial charge in [-0.2, -0.15) is 0 Å². The largest absolute Gasteiger partial charge is 0.381 e. The number of carbonyl (C=O) groups excluding carboxylic acids is 1. The van der Waals surface area contributed by atoms with Crippen LogP contribution in [0.3, 0.4) is 0 Å². The molecule has 1 aromatic rings. The van der Waals surface area contributed by atoms with Gasteiger partial charge in [-0.05, 0) is 5.56 Å². The van der Waals surface area contributed by atoms with E-state index in [-0.39, 0.29) is 11.7 Å². The number of halogens is 1. The predicted molar refractivity (Wildman–Crippen MR) is 47.1 cm³/mol. The molecule has 0 aliphatic rings. The van der Waals surface area contributed by atoms with E-state index in [1.54, 1.807) is 24.3 Å². The van der Waals surface area contributed by atoms with Crippen LogP contribution in [0.5, 0.6) is 0 Å². The first-order chi connectivity index (χ1) is 5.75. The maximum Gasteiger partial charge on any atom is 0.180 e. The van der Waals surface area contributed by atoms with Gasteiger partial charge in [-0.15, -0.1) is 11.6 Å². The fraction of sp³-hybridized carbons (Fsp3) is 0.222. The van der Waals surface area contributed by atoms with Crippen LogP contribution in [0, 0.1) is 0 Å². The van der Waals surface area contributed by atoms with Gasteiger partial charge in [0, 0.05) is 0 Å². The molecule has 0 spiro atoms. The second-order valence-corrected chi connectivity index (χ2v) is 2.68. The third kappa shape index (κ3) is 2.06. The molecule has 0 saturated carbocycles. The normalized spacial score (nSPS) is 12.5. The van der Waals surface area contributed by atoms with Gasteiger partial charge in [0.1, 0.15) is 6.10 Å². The Labute approximate surface area is 75.8 Å². The average molecular weight is 185 g/mol. The van der Waals surface area contributed by atoms with Crippen molar-refractivity contribution in [2.75, 3.05) is 5.88 Å². The number of hydrogen-bond acceptors (Lipinski definition) is 2. The summed E-state index contributed by atoms with van der Waals surface area (Å²) in [7, 11) is 0. The Morgan fingerprint density at radius 2 is 2.00 bits per heavy atom. The zero-order valence-corrected chi connectivity index (χ0v) is 7.16. The molecule has 0 aliphatic carbocycles. The van der Waals surface area contributed by atoms with E-state index in [4.69, 9.17) is 11.6 Å². The minimum Gasteiger partial charge on any atom is -0.381 e. The summed E-state index contributed by atoms with van der Waals surface area (Å²) in [6.07, 6.45) is -1.08. The molecule has 0 aromatic heterocycles. The standard InChI is InChI=1S/C9H9ClO2/c10-6-8(11)9(12)7-4-2-1-3-5-7/h1-5,9,12H,6H2. The smallest absolute Gasteiger partial charge is 0.180 e. The van der Waals surface area contributed by atoms with Crippen molar-refractivity contribution < 1.29 is 9.90 Å². The van der Waals surface area contributed by atoms with Crippen molar-refractivity contribution >= 4 is 17.4 Å². The van der Waals surface area contributed by atoms with Gasteiger partial charge >= 0.3 is 0 Å². The van der Waals surface area contributed by atoms with Gasteiger partial charge in [-0.25, -0.2) is 0 Å². The lowest BCUT2D eigenvalue weighted by Crippen LogP contribution is -2.12. The van der Waals surface area contributed by atoms with Crippen LogP contribution in [0.25, 0.3) is 0 Å². The minimum atomic E-state index is -1.08. The molecular formula is C9H9ClO2. The molecule has 2 nitrogen and oxygen atoms in total. The van der Waals surface area contributed by atoms with E-state index in [2.05, 4.69) is 0 Å². The Morgan fingerprint density at radius 3 is 2.50 bits per heavy atom. The van der Waals surface area contributed by atoms with Crippen molar-refractivity contribution in [2.45, 2.75) is 6.10 Å². The van der Waals surface area contributed by atoms with Crippen LogP contribution < -0.4 is 0 Å². The Morgan fingerprint density at radius 1 is 1.42 bits per heavy atom. The molecule has 3 heteroatoms. The first kappa shape index (κ1) is 9.23. The predicted octanol–water partition coefficient (Wildman–Crippen LogP) is 1.53. The number of hydrogen-bond donors (Lipinski definition) is 1. The van der Waals surface area contributed by atoms with Crippen LogP contribution in [0.1, 0.15) is 11.7 Å². The number of ketones is 1. The topological polar surface area (TPSA) is 37.3 Å². The lowest BCUT2D eigenvalue weighted by Gasteiger charge is -2.06. The summed E-state index contributed by atoms with van der Waals surface area (Å²) in [6, 6.07) is 8.73. The van der Waals surface area contributed by atoms with Crippen molar-refractivity contribution in [2.24, 2.45) is 0 Å². The van der Waals surface area contributed by atoms with Gasteiger partial charge in [0.05, 0.1) is 5.88 Å². The summed E-state index contributed by atoms with van der Waals surface area (Å²) >= 11 is 5.29. The second kappa shape index (κ2) is 4.24. The molecule has 1 aromatic carbocycles. The summed E-state index contributed by atoms with van der Waals surface area (Å²) in [4.78, 5) is 10.9. The molecule has 0 fully saturated rings. The van der Waals surface area contributed by atoms with E-state index in [0.717, 1.165) is 0 Å². The Bertz CT molecular complexity index is 258. The molecule has 0 aliphatic heterocycles. The molecule has 12 heavy (non-hydrogen) atoms. The Hall–Kier alpha value is -0.860. The Balaban J connectivity index is 2.78. The van der Waals surface area contributed by atoms with Gasteiger partial charge in [0.2, 0.25) is 0 Å². The lowest BCUT2D eigenvalue weighted by atomic mass is 10.1. The molecule has 1 unspecified atom stereocenters. The SMILES string of the molecule is O=C(CCl)C(O)c1ccccc1. The lowest BCUT2D eigenvalue weighted by molar-refractivity contribution is -0.124. The fourth-order valence-corrected chi connectivity index (χ4v) is 1.04. The quantitative estimate of drug-likeness (QED) is 0.724. The minimum absolute atomic E-state index is 0.157. The molecule has 0 heterocycles. The highest BCUT2D eigenvalue weighted by Crippen LogP contribution is 2.13. The van der Waals surface area contributed by atoms with Crippen molar-refractivity contribution in [3.8, 4) is 0 Å². The van der Waals surface area contributed by atoms with E-state index < -0.39 is 6.10 Å². The number of alkyl halides is 1. The fourth-order valence-electron chi connectivity index (χ4n) is 0.894. The van der Waals surface area contributed by atoms with Crippen LogP contribution in [-0.2, 0) is 4.79 Å². The highest BCUT2D eigenvalue weighted by molar-refractivity contribution is 6.28. The van der Waals surface area contributed by atoms with Gasteiger partial charge in [0.25, 0.3) is 0 Å². The maximum atomic E-state index is 10.9. The van der Waals surface area contributed by atoms with E-state index in [1.807, 2.05) is 6.07 Å². The van der Waals surface area contributed by atoms with Crippen molar-refractivity contribution in [1.29, 1.82) is 0 Å². The number of Topliss-reactive ketones (excluding diaryl/α,β-unsaturated/α-hetero) is 1. The summed E-state index contributed by atoms with van der Waals surface area (Å²) < 4.78 is 0. The van der Waals surface area contributed by atoms with Crippen LogP contribution >= 0.6 is 11.6 Å². The number of carbonyl (C=O) groups is 1. The number of aliphatic hydroxyl groups is 1. The molecule has 64 valence electrons. The highest BCUT2D eigenvalue weighted by atomic mass is 35.5. The van der Waals surface area contributed by atoms with Gasteiger partial charge in [-0.3, -0.25) is 4.79 Å². The number of benzene rings is 1. The average Bonchev–Trinajstić information content (AvgIpc) is 2.17. The van der Waals surface area contributed by atoms with Gasteiger partial charge in [-0.1, -0.05) is 30.3 Å². The number of rotatable bonds is 3. The first-order valence-electron chi connectivity index (χ1n) is 3.57. The summed E-state index contributed by atoms with van der Waals surface area (Å²) in [6.45, 7) is 0. The Kier molecular flexibility index (Phi) is 3.26. The summed E-state index contributed by atoms with van der Waals surface area (Å²) in [5.74, 6) is -0.529. The molecule has 0 amide bonds. The third-order valence-corrected chi connectivity index (χ3v) is 1.82. The van der Waals surface area contributed by atoms with Crippen molar-refractivity contribution in [1.82, 2.24) is 0 Å². The molecule has 1 atom stereocenters. The molecule has 1 rings (SSSR count). The van der Waals surface area contributed by atoms with Gasteiger partial charge < -0.3 is 5.11 Å². The zero-order chi connectivity index (χ0) is 8.97. The van der Waals surface area contributed by atoms with Crippen LogP contribution in [-0.4, -0.2) is 16.8 Å².